The maximum atomic E-state index is 13.0. The summed E-state index contributed by atoms with van der Waals surface area (Å²) >= 11 is 0. The second-order valence-electron chi connectivity index (χ2n) is 7.56. The van der Waals surface area contributed by atoms with Gasteiger partial charge in [-0.25, -0.2) is 19.5 Å². The molecule has 0 aliphatic heterocycles. The van der Waals surface area contributed by atoms with E-state index in [1.165, 1.54) is 12.5 Å². The molecular formula is C19H24N6O5. The van der Waals surface area contributed by atoms with Crippen LogP contribution in [0.2, 0.25) is 0 Å². The Hall–Kier alpha value is -3.36. The van der Waals surface area contributed by atoms with Crippen molar-refractivity contribution in [1.29, 1.82) is 0 Å². The number of ether oxygens (including phenoxy) is 1. The molecule has 0 saturated heterocycles. The van der Waals surface area contributed by atoms with Crippen molar-refractivity contribution in [1.82, 2.24) is 24.4 Å². The Morgan fingerprint density at radius 2 is 2.10 bits per heavy atom. The maximum absolute atomic E-state index is 13.0. The highest BCUT2D eigenvalue weighted by Gasteiger charge is 2.24. The topological polar surface area (TPSA) is 143 Å². The Morgan fingerprint density at radius 3 is 2.70 bits per heavy atom. The van der Waals surface area contributed by atoms with Crippen LogP contribution in [0.25, 0.3) is 11.2 Å². The SMILES string of the molecule is CN(C)/C=N/c1nc2ncc(C#CC(O)CO)nc2c(=O)n1COC(=O)C(C)(C)C. The third-order valence-electron chi connectivity index (χ3n) is 3.53. The minimum Gasteiger partial charge on any atom is -0.443 e. The summed E-state index contributed by atoms with van der Waals surface area (Å²) in [6, 6.07) is 0. The van der Waals surface area contributed by atoms with Crippen LogP contribution in [0, 0.1) is 17.3 Å². The van der Waals surface area contributed by atoms with Gasteiger partial charge in [-0.2, -0.15) is 4.98 Å². The first kappa shape index (κ1) is 22.9. The Morgan fingerprint density at radius 1 is 1.40 bits per heavy atom. The Labute approximate surface area is 173 Å². The lowest BCUT2D eigenvalue weighted by atomic mass is 9.98. The van der Waals surface area contributed by atoms with E-state index in [0.29, 0.717) is 0 Å². The van der Waals surface area contributed by atoms with Crippen LogP contribution in [0.15, 0.2) is 16.0 Å². The number of hydrogen-bond acceptors (Lipinski definition) is 9. The molecule has 2 rings (SSSR count). The number of nitrogens with zero attached hydrogens (tertiary/aromatic N) is 6. The van der Waals surface area contributed by atoms with Gasteiger partial charge in [0, 0.05) is 14.1 Å². The number of carbonyl (C=O) groups excluding carboxylic acids is 1. The Balaban J connectivity index is 2.56. The van der Waals surface area contributed by atoms with E-state index in [2.05, 4.69) is 31.8 Å². The van der Waals surface area contributed by atoms with Crippen molar-refractivity contribution < 1.29 is 19.7 Å². The van der Waals surface area contributed by atoms with Gasteiger partial charge in [-0.05, 0) is 26.7 Å². The van der Waals surface area contributed by atoms with Gasteiger partial charge in [-0.3, -0.25) is 9.59 Å². The molecule has 0 aliphatic rings. The lowest BCUT2D eigenvalue weighted by Gasteiger charge is -2.17. The molecule has 0 saturated carbocycles. The average molecular weight is 416 g/mol. The van der Waals surface area contributed by atoms with Crippen LogP contribution < -0.4 is 5.56 Å². The maximum Gasteiger partial charge on any atom is 0.312 e. The first-order valence-electron chi connectivity index (χ1n) is 8.99. The van der Waals surface area contributed by atoms with Gasteiger partial charge in [0.05, 0.1) is 24.6 Å². The number of carbonyl (C=O) groups is 1. The third kappa shape index (κ3) is 5.82. The van der Waals surface area contributed by atoms with Crippen LogP contribution in [0.1, 0.15) is 26.5 Å². The Bertz CT molecular complexity index is 1070. The second-order valence-corrected chi connectivity index (χ2v) is 7.56. The molecule has 0 aliphatic carbocycles. The number of rotatable bonds is 5. The molecule has 0 spiro atoms. The fourth-order valence-electron chi connectivity index (χ4n) is 1.97. The highest BCUT2D eigenvalue weighted by molar-refractivity contribution is 5.75. The first-order valence-corrected chi connectivity index (χ1v) is 8.99. The highest BCUT2D eigenvalue weighted by atomic mass is 16.5. The highest BCUT2D eigenvalue weighted by Crippen LogP contribution is 2.17. The molecule has 11 heteroatoms. The van der Waals surface area contributed by atoms with Gasteiger partial charge in [0.15, 0.2) is 17.9 Å². The average Bonchev–Trinajstić information content (AvgIpc) is 2.68. The van der Waals surface area contributed by atoms with Crippen molar-refractivity contribution in [3.05, 3.63) is 22.2 Å². The summed E-state index contributed by atoms with van der Waals surface area (Å²) in [5, 5.41) is 18.2. The Kier molecular flexibility index (Phi) is 7.20. The van der Waals surface area contributed by atoms with E-state index in [-0.39, 0.29) is 22.8 Å². The monoisotopic (exact) mass is 416 g/mol. The largest absolute Gasteiger partial charge is 0.443 e. The van der Waals surface area contributed by atoms with Gasteiger partial charge in [-0.15, -0.1) is 0 Å². The fraction of sp³-hybridized carbons (Fsp3) is 0.474. The molecule has 1 atom stereocenters. The second kappa shape index (κ2) is 9.43. The van der Waals surface area contributed by atoms with Crippen LogP contribution >= 0.6 is 0 Å². The number of aliphatic hydroxyl groups is 2. The molecule has 11 nitrogen and oxygen atoms in total. The molecular weight excluding hydrogens is 392 g/mol. The summed E-state index contributed by atoms with van der Waals surface area (Å²) in [6.45, 7) is 4.14. The van der Waals surface area contributed by atoms with Crippen molar-refractivity contribution in [2.24, 2.45) is 10.4 Å². The summed E-state index contributed by atoms with van der Waals surface area (Å²) in [7, 11) is 3.50. The number of aromatic nitrogens is 4. The number of fused-ring (bicyclic) bond motifs is 1. The van der Waals surface area contributed by atoms with Gasteiger partial charge in [-0.1, -0.05) is 5.92 Å². The van der Waals surface area contributed by atoms with Crippen molar-refractivity contribution in [2.75, 3.05) is 20.7 Å². The molecule has 0 amide bonds. The predicted octanol–water partition coefficient (Wildman–Crippen LogP) is -0.341. The van der Waals surface area contributed by atoms with Crippen molar-refractivity contribution >= 4 is 29.4 Å². The van der Waals surface area contributed by atoms with Crippen molar-refractivity contribution in [3.63, 3.8) is 0 Å². The van der Waals surface area contributed by atoms with Crippen LogP contribution in [0.3, 0.4) is 0 Å². The molecule has 0 fully saturated rings. The van der Waals surface area contributed by atoms with Crippen molar-refractivity contribution in [3.8, 4) is 11.8 Å². The third-order valence-corrected chi connectivity index (χ3v) is 3.53. The normalized spacial score (nSPS) is 12.5. The molecule has 2 aromatic rings. The standard InChI is InChI=1S/C19H24N6O5/c1-19(2,3)17(29)30-11-25-16(28)14-15(23-18(25)21-10-24(4)5)20-8-12(22-14)6-7-13(27)9-26/h8,10,13,26-27H,9,11H2,1-5H3/b21-10+. The number of aliphatic imine (C=N–C) groups is 1. The quantitative estimate of drug-likeness (QED) is 0.289. The molecule has 2 heterocycles. The number of aliphatic hydroxyl groups excluding tert-OH is 2. The summed E-state index contributed by atoms with van der Waals surface area (Å²) in [5.41, 5.74) is -1.33. The van der Waals surface area contributed by atoms with E-state index < -0.39 is 36.4 Å². The zero-order chi connectivity index (χ0) is 22.5. The van der Waals surface area contributed by atoms with Crippen LogP contribution in [0.5, 0.6) is 0 Å². The van der Waals surface area contributed by atoms with E-state index in [4.69, 9.17) is 9.84 Å². The lowest BCUT2D eigenvalue weighted by molar-refractivity contribution is -0.157. The van der Waals surface area contributed by atoms with E-state index in [1.807, 2.05) is 0 Å². The molecule has 160 valence electrons. The number of esters is 1. The first-order chi connectivity index (χ1) is 14.0. The molecule has 0 aromatic carbocycles. The fourth-order valence-corrected chi connectivity index (χ4v) is 1.97. The van der Waals surface area contributed by atoms with Gasteiger partial charge in [0.1, 0.15) is 11.8 Å². The van der Waals surface area contributed by atoms with Gasteiger partial charge in [0.25, 0.3) is 5.56 Å². The van der Waals surface area contributed by atoms with Gasteiger partial charge in [0.2, 0.25) is 5.95 Å². The van der Waals surface area contributed by atoms with E-state index in [1.54, 1.807) is 39.8 Å². The minimum absolute atomic E-state index is 0.00764. The van der Waals surface area contributed by atoms with Crippen LogP contribution in [-0.4, -0.2) is 73.7 Å². The summed E-state index contributed by atoms with van der Waals surface area (Å²) in [6.07, 6.45) is 1.49. The summed E-state index contributed by atoms with van der Waals surface area (Å²) in [5.74, 6) is 4.39. The molecule has 2 N–H and O–H groups in total. The zero-order valence-electron chi connectivity index (χ0n) is 17.4. The summed E-state index contributed by atoms with van der Waals surface area (Å²) < 4.78 is 6.32. The molecule has 30 heavy (non-hydrogen) atoms. The van der Waals surface area contributed by atoms with Crippen LogP contribution in [-0.2, 0) is 16.3 Å². The van der Waals surface area contributed by atoms with Gasteiger partial charge >= 0.3 is 5.97 Å². The van der Waals surface area contributed by atoms with Gasteiger partial charge < -0.3 is 19.8 Å². The predicted molar refractivity (Wildman–Crippen MR) is 109 cm³/mol. The van der Waals surface area contributed by atoms with E-state index >= 15 is 0 Å². The van der Waals surface area contributed by atoms with Crippen LogP contribution in [0.4, 0.5) is 5.95 Å². The lowest BCUT2D eigenvalue weighted by Crippen LogP contribution is -2.29. The smallest absolute Gasteiger partial charge is 0.312 e. The van der Waals surface area contributed by atoms with Crippen molar-refractivity contribution in [2.45, 2.75) is 33.6 Å². The zero-order valence-corrected chi connectivity index (χ0v) is 17.4. The minimum atomic E-state index is -1.24. The summed E-state index contributed by atoms with van der Waals surface area (Å²) in [4.78, 5) is 43.4. The molecule has 2 aromatic heterocycles. The molecule has 0 bridgehead atoms. The molecule has 0 radical (unpaired) electrons. The molecule has 1 unspecified atom stereocenters. The van der Waals surface area contributed by atoms with E-state index in [9.17, 15) is 14.7 Å². The number of hydrogen-bond donors (Lipinski definition) is 2. The van der Waals surface area contributed by atoms with E-state index in [0.717, 1.165) is 4.57 Å².